The van der Waals surface area contributed by atoms with Crippen molar-refractivity contribution in [3.05, 3.63) is 41.0 Å². The highest BCUT2D eigenvalue weighted by molar-refractivity contribution is 7.87. The lowest BCUT2D eigenvalue weighted by Crippen LogP contribution is -2.27. The van der Waals surface area contributed by atoms with E-state index >= 15 is 0 Å². The number of thiazole rings is 1. The molecule has 1 aliphatic rings. The highest BCUT2D eigenvalue weighted by atomic mass is 32.2. The lowest BCUT2D eigenvalue weighted by molar-refractivity contribution is 0.0692. The van der Waals surface area contributed by atoms with Crippen molar-refractivity contribution in [2.75, 3.05) is 17.4 Å². The van der Waals surface area contributed by atoms with Crippen molar-refractivity contribution in [3.63, 3.8) is 0 Å². The fourth-order valence-electron chi connectivity index (χ4n) is 2.92. The van der Waals surface area contributed by atoms with Crippen LogP contribution < -0.4 is 9.62 Å². The zero-order valence-corrected chi connectivity index (χ0v) is 14.8. The van der Waals surface area contributed by atoms with Crippen LogP contribution in [0, 0.1) is 0 Å². The molecule has 0 radical (unpaired) electrons. The van der Waals surface area contributed by atoms with Gasteiger partial charge in [-0.25, -0.2) is 14.1 Å². The second-order valence-electron chi connectivity index (χ2n) is 5.67. The third-order valence-electron chi connectivity index (χ3n) is 4.10. The molecule has 1 aliphatic heterocycles. The van der Waals surface area contributed by atoms with Gasteiger partial charge in [0.1, 0.15) is 5.00 Å². The van der Waals surface area contributed by atoms with Crippen LogP contribution in [0.25, 0.3) is 0 Å². The molecule has 3 rings (SSSR count). The van der Waals surface area contributed by atoms with E-state index in [0.29, 0.717) is 10.2 Å². The van der Waals surface area contributed by atoms with E-state index in [0.717, 1.165) is 42.8 Å². The Hall–Kier alpha value is -2.01. The smallest absolute Gasteiger partial charge is 0.365 e. The first-order valence-corrected chi connectivity index (χ1v) is 9.91. The summed E-state index contributed by atoms with van der Waals surface area (Å²) in [5.41, 5.74) is 2.04. The number of piperidine rings is 1. The van der Waals surface area contributed by atoms with Gasteiger partial charge in [0.2, 0.25) is 0 Å². The molecule has 2 heterocycles. The number of aromatic nitrogens is 1. The summed E-state index contributed by atoms with van der Waals surface area (Å²) in [4.78, 5) is 14.9. The van der Waals surface area contributed by atoms with Gasteiger partial charge in [0.05, 0.1) is 11.2 Å². The van der Waals surface area contributed by atoms with E-state index in [1.165, 1.54) is 5.51 Å². The van der Waals surface area contributed by atoms with Crippen LogP contribution in [0.5, 0.6) is 0 Å². The first-order chi connectivity index (χ1) is 11.9. The molecule has 25 heavy (non-hydrogen) atoms. The average molecular weight is 383 g/mol. The first kappa shape index (κ1) is 17.8. The molecule has 3 N–H and O–H groups in total. The number of nitrogens with zero attached hydrogens (tertiary/aromatic N) is 2. The van der Waals surface area contributed by atoms with Gasteiger partial charge >= 0.3 is 16.3 Å². The summed E-state index contributed by atoms with van der Waals surface area (Å²) in [6.45, 7) is 1.87. The van der Waals surface area contributed by atoms with Gasteiger partial charge < -0.3 is 10.4 Å². The van der Waals surface area contributed by atoms with Gasteiger partial charge in [-0.1, -0.05) is 12.1 Å². The molecule has 0 amide bonds. The second kappa shape index (κ2) is 7.08. The number of benzene rings is 1. The van der Waals surface area contributed by atoms with Crippen molar-refractivity contribution in [1.29, 1.82) is 0 Å². The highest BCUT2D eigenvalue weighted by Gasteiger charge is 2.29. The Bertz CT molecular complexity index is 858. The van der Waals surface area contributed by atoms with Crippen LogP contribution in [0.3, 0.4) is 0 Å². The van der Waals surface area contributed by atoms with Crippen LogP contribution in [0.4, 0.5) is 10.7 Å². The molecule has 0 atom stereocenters. The Labute approximate surface area is 149 Å². The fraction of sp³-hybridized carbons (Fsp3) is 0.333. The number of carboxylic acids is 1. The Kier molecular flexibility index (Phi) is 5.04. The molecule has 0 saturated carbocycles. The van der Waals surface area contributed by atoms with Crippen LogP contribution in [0.15, 0.2) is 29.8 Å². The van der Waals surface area contributed by atoms with Crippen molar-refractivity contribution in [2.45, 2.75) is 18.8 Å². The van der Waals surface area contributed by atoms with Gasteiger partial charge in [-0.05, 0) is 49.5 Å². The largest absolute Gasteiger partial charge is 0.476 e. The number of hydrogen-bond acceptors (Lipinski definition) is 6. The predicted octanol–water partition coefficient (Wildman–Crippen LogP) is 2.25. The Balaban J connectivity index is 1.97. The molecule has 10 heteroatoms. The van der Waals surface area contributed by atoms with Crippen molar-refractivity contribution in [3.8, 4) is 0 Å². The van der Waals surface area contributed by atoms with E-state index in [1.807, 2.05) is 12.1 Å². The number of carbonyl (C=O) groups is 1. The van der Waals surface area contributed by atoms with Crippen LogP contribution in [-0.4, -0.2) is 42.1 Å². The van der Waals surface area contributed by atoms with Crippen LogP contribution in [0.2, 0.25) is 0 Å². The lowest BCUT2D eigenvalue weighted by atomic mass is 9.90. The molecule has 134 valence electrons. The highest BCUT2D eigenvalue weighted by Crippen LogP contribution is 2.35. The summed E-state index contributed by atoms with van der Waals surface area (Å²) in [5, 5.41) is 12.3. The average Bonchev–Trinajstić information content (AvgIpc) is 3.04. The molecule has 1 fully saturated rings. The normalized spacial score (nSPS) is 15.9. The molecule has 2 aromatic rings. The minimum atomic E-state index is -4.70. The molecular weight excluding hydrogens is 366 g/mol. The molecule has 1 saturated heterocycles. The summed E-state index contributed by atoms with van der Waals surface area (Å²) in [7, 11) is -4.70. The summed E-state index contributed by atoms with van der Waals surface area (Å²) in [6, 6.07) is 6.75. The predicted molar refractivity (Wildman–Crippen MR) is 94.0 cm³/mol. The second-order valence-corrected chi connectivity index (χ2v) is 7.76. The van der Waals surface area contributed by atoms with Crippen LogP contribution in [-0.2, 0) is 10.3 Å². The standard InChI is InChI=1S/C15H17N3O5S2/c19-15(20)13-14(24-9-17-13)18(25(21,22)23)12-3-1-10(2-4-12)11-5-7-16-8-6-11/h1-4,9,11,16H,5-8H2,(H,19,20)(H,21,22,23). The Morgan fingerprint density at radius 2 is 1.88 bits per heavy atom. The van der Waals surface area contributed by atoms with Gasteiger partial charge in [0, 0.05) is 0 Å². The van der Waals surface area contributed by atoms with Gasteiger partial charge in [0.25, 0.3) is 0 Å². The number of anilines is 2. The van der Waals surface area contributed by atoms with E-state index in [-0.39, 0.29) is 10.7 Å². The SMILES string of the molecule is O=C(O)c1ncsc1N(c1ccc(C2CCNCC2)cc1)S(=O)(=O)O. The molecule has 1 aromatic carbocycles. The maximum Gasteiger partial charge on any atom is 0.365 e. The topological polar surface area (TPSA) is 120 Å². The summed E-state index contributed by atoms with van der Waals surface area (Å²) in [6.07, 6.45) is 2.00. The van der Waals surface area contributed by atoms with Crippen LogP contribution >= 0.6 is 11.3 Å². The number of carboxylic acid groups (broad SMARTS) is 1. The molecule has 0 bridgehead atoms. The zero-order valence-electron chi connectivity index (χ0n) is 13.1. The van der Waals surface area contributed by atoms with E-state index in [2.05, 4.69) is 10.3 Å². The van der Waals surface area contributed by atoms with Crippen molar-refractivity contribution >= 4 is 38.3 Å². The summed E-state index contributed by atoms with van der Waals surface area (Å²) in [5.74, 6) is -0.969. The van der Waals surface area contributed by atoms with E-state index in [9.17, 15) is 17.8 Å². The number of rotatable bonds is 5. The summed E-state index contributed by atoms with van der Waals surface area (Å²) < 4.78 is 33.9. The van der Waals surface area contributed by atoms with Crippen molar-refractivity contribution in [1.82, 2.24) is 10.3 Å². The molecule has 8 nitrogen and oxygen atoms in total. The van der Waals surface area contributed by atoms with Gasteiger partial charge in [-0.2, -0.15) is 8.42 Å². The molecule has 1 aromatic heterocycles. The monoisotopic (exact) mass is 383 g/mol. The van der Waals surface area contributed by atoms with Crippen LogP contribution in [0.1, 0.15) is 34.8 Å². The lowest BCUT2D eigenvalue weighted by Gasteiger charge is -2.24. The molecule has 0 spiro atoms. The number of nitrogens with one attached hydrogen (secondary N) is 1. The van der Waals surface area contributed by atoms with E-state index < -0.39 is 22.0 Å². The molecule has 0 unspecified atom stereocenters. The fourth-order valence-corrected chi connectivity index (χ4v) is 4.73. The molecular formula is C15H17N3O5S2. The maximum absolute atomic E-state index is 11.9. The first-order valence-electron chi connectivity index (χ1n) is 7.63. The Morgan fingerprint density at radius 3 is 2.44 bits per heavy atom. The maximum atomic E-state index is 11.9. The third kappa shape index (κ3) is 3.82. The minimum Gasteiger partial charge on any atom is -0.476 e. The Morgan fingerprint density at radius 1 is 1.24 bits per heavy atom. The number of hydrogen-bond donors (Lipinski definition) is 3. The van der Waals surface area contributed by atoms with Gasteiger partial charge in [-0.15, -0.1) is 11.3 Å². The van der Waals surface area contributed by atoms with E-state index in [1.54, 1.807) is 12.1 Å². The quantitative estimate of drug-likeness (QED) is 0.677. The minimum absolute atomic E-state index is 0.159. The van der Waals surface area contributed by atoms with Crippen molar-refractivity contribution in [2.24, 2.45) is 0 Å². The van der Waals surface area contributed by atoms with Gasteiger partial charge in [-0.3, -0.25) is 4.55 Å². The van der Waals surface area contributed by atoms with E-state index in [4.69, 9.17) is 5.11 Å². The number of aromatic carboxylic acids is 1. The van der Waals surface area contributed by atoms with Crippen molar-refractivity contribution < 1.29 is 22.9 Å². The van der Waals surface area contributed by atoms with Gasteiger partial charge in [0.15, 0.2) is 5.69 Å². The third-order valence-corrected chi connectivity index (χ3v) is 5.89. The summed E-state index contributed by atoms with van der Waals surface area (Å²) >= 11 is 0.827. The zero-order chi connectivity index (χ0) is 18.0. The molecule has 0 aliphatic carbocycles.